The van der Waals surface area contributed by atoms with Crippen LogP contribution in [0.4, 0.5) is 0 Å². The lowest BCUT2D eigenvalue weighted by Gasteiger charge is -2.27. The second-order valence-corrected chi connectivity index (χ2v) is 6.53. The molecule has 0 N–H and O–H groups in total. The summed E-state index contributed by atoms with van der Waals surface area (Å²) < 4.78 is 0. The predicted molar refractivity (Wildman–Crippen MR) is 95.5 cm³/mol. The van der Waals surface area contributed by atoms with Crippen molar-refractivity contribution in [1.29, 1.82) is 0 Å². The van der Waals surface area contributed by atoms with Crippen molar-refractivity contribution in [3.63, 3.8) is 0 Å². The summed E-state index contributed by atoms with van der Waals surface area (Å²) in [4.78, 5) is 0. The average Bonchev–Trinajstić information content (AvgIpc) is 2.49. The van der Waals surface area contributed by atoms with Crippen LogP contribution < -0.4 is 0 Å². The molecule has 2 nitrogen and oxygen atoms in total. The van der Waals surface area contributed by atoms with Crippen LogP contribution in [0.15, 0.2) is 0 Å². The van der Waals surface area contributed by atoms with Crippen molar-refractivity contribution in [1.82, 2.24) is 5.06 Å². The molecule has 0 unspecified atom stereocenters. The van der Waals surface area contributed by atoms with E-state index in [1.807, 2.05) is 0 Å². The Labute approximate surface area is 134 Å². The summed E-state index contributed by atoms with van der Waals surface area (Å²) in [6.45, 7) is 5.98. The largest absolute Gasteiger partial charge is 0.785 e. The van der Waals surface area contributed by atoms with Crippen LogP contribution >= 0.6 is 0 Å². The smallest absolute Gasteiger partial charge is 0.0145 e. The molecule has 0 radical (unpaired) electrons. The van der Waals surface area contributed by atoms with E-state index in [-0.39, 0.29) is 0 Å². The standard InChI is InChI=1S/C19H40NO/c1-3-5-7-9-10-11-12-13-14-15-17-19-20(21)18-16-8-6-4-2/h3-19H2,1-2H3/q-1. The van der Waals surface area contributed by atoms with E-state index in [4.69, 9.17) is 0 Å². The van der Waals surface area contributed by atoms with Crippen LogP contribution in [0.1, 0.15) is 110 Å². The Balaban J connectivity index is 3.07. The van der Waals surface area contributed by atoms with Crippen molar-refractivity contribution >= 4 is 0 Å². The third-order valence-electron chi connectivity index (χ3n) is 4.27. The van der Waals surface area contributed by atoms with Crippen molar-refractivity contribution in [3.8, 4) is 0 Å². The van der Waals surface area contributed by atoms with E-state index in [2.05, 4.69) is 13.8 Å². The molecule has 0 saturated carbocycles. The SMILES string of the molecule is CCCCCCCCCCCCCN([O-])CCCCCC. The Hall–Kier alpha value is -0.0800. The molecule has 0 aromatic carbocycles. The zero-order valence-electron chi connectivity index (χ0n) is 14.9. The maximum Gasteiger partial charge on any atom is -0.0145 e. The highest BCUT2D eigenvalue weighted by Crippen LogP contribution is 2.11. The summed E-state index contributed by atoms with van der Waals surface area (Å²) in [5, 5.41) is 12.9. The number of hydroxylamine groups is 2. The molecule has 0 aliphatic rings. The lowest BCUT2D eigenvalue weighted by Crippen LogP contribution is -2.18. The molecule has 128 valence electrons. The summed E-state index contributed by atoms with van der Waals surface area (Å²) in [5.74, 6) is 0. The fraction of sp³-hybridized carbons (Fsp3) is 1.00. The first-order chi connectivity index (χ1) is 10.3. The highest BCUT2D eigenvalue weighted by molar-refractivity contribution is 4.58. The molecule has 0 aromatic heterocycles. The zero-order chi connectivity index (χ0) is 15.6. The van der Waals surface area contributed by atoms with Gasteiger partial charge in [0.1, 0.15) is 0 Å². The third-order valence-corrected chi connectivity index (χ3v) is 4.27. The number of rotatable bonds is 17. The van der Waals surface area contributed by atoms with Crippen molar-refractivity contribution in [2.45, 2.75) is 110 Å². The molecule has 2 heteroatoms. The summed E-state index contributed by atoms with van der Waals surface area (Å²) in [6.07, 6.45) is 19.7. The van der Waals surface area contributed by atoms with E-state index in [1.165, 1.54) is 88.5 Å². The van der Waals surface area contributed by atoms with Gasteiger partial charge in [0.05, 0.1) is 0 Å². The summed E-state index contributed by atoms with van der Waals surface area (Å²) in [6, 6.07) is 0. The first-order valence-electron chi connectivity index (χ1n) is 9.73. The molecule has 0 heterocycles. The number of nitrogens with zero attached hydrogens (tertiary/aromatic N) is 1. The molecule has 21 heavy (non-hydrogen) atoms. The van der Waals surface area contributed by atoms with Gasteiger partial charge >= 0.3 is 0 Å². The zero-order valence-corrected chi connectivity index (χ0v) is 14.9. The van der Waals surface area contributed by atoms with Crippen LogP contribution in [0, 0.1) is 5.21 Å². The van der Waals surface area contributed by atoms with Gasteiger partial charge in [-0.2, -0.15) is 0 Å². The van der Waals surface area contributed by atoms with Crippen molar-refractivity contribution in [2.75, 3.05) is 13.1 Å². The van der Waals surface area contributed by atoms with E-state index in [0.717, 1.165) is 25.9 Å². The normalized spacial score (nSPS) is 11.4. The van der Waals surface area contributed by atoms with Gasteiger partial charge < -0.3 is 10.3 Å². The average molecular weight is 299 g/mol. The van der Waals surface area contributed by atoms with Gasteiger partial charge in [0.15, 0.2) is 0 Å². The minimum atomic E-state index is 0.748. The fourth-order valence-electron chi connectivity index (χ4n) is 2.78. The monoisotopic (exact) mass is 298 g/mol. The van der Waals surface area contributed by atoms with Crippen molar-refractivity contribution < 1.29 is 0 Å². The predicted octanol–water partition coefficient (Wildman–Crippen LogP) is 6.68. The van der Waals surface area contributed by atoms with Gasteiger partial charge in [-0.15, -0.1) is 0 Å². The first kappa shape index (κ1) is 20.9. The Morgan fingerprint density at radius 1 is 0.476 bits per heavy atom. The van der Waals surface area contributed by atoms with Crippen LogP contribution in [-0.4, -0.2) is 18.2 Å². The Morgan fingerprint density at radius 3 is 1.14 bits per heavy atom. The van der Waals surface area contributed by atoms with Crippen LogP contribution in [0.5, 0.6) is 0 Å². The van der Waals surface area contributed by atoms with Crippen LogP contribution in [0.2, 0.25) is 0 Å². The summed E-state index contributed by atoms with van der Waals surface area (Å²) in [7, 11) is 0. The summed E-state index contributed by atoms with van der Waals surface area (Å²) in [5.41, 5.74) is 0. The Kier molecular flexibility index (Phi) is 17.9. The topological polar surface area (TPSA) is 26.3 Å². The highest BCUT2D eigenvalue weighted by Gasteiger charge is 1.95. The number of unbranched alkanes of at least 4 members (excludes halogenated alkanes) is 13. The first-order valence-corrected chi connectivity index (χ1v) is 9.73. The minimum absolute atomic E-state index is 0.748. The van der Waals surface area contributed by atoms with E-state index >= 15 is 0 Å². The Bertz CT molecular complexity index is 184. The van der Waals surface area contributed by atoms with Crippen LogP contribution in [-0.2, 0) is 0 Å². The molecule has 0 amide bonds. The quantitative estimate of drug-likeness (QED) is 0.221. The summed E-state index contributed by atoms with van der Waals surface area (Å²) >= 11 is 0. The van der Waals surface area contributed by atoms with Gasteiger partial charge in [-0.25, -0.2) is 0 Å². The van der Waals surface area contributed by atoms with E-state index in [0.29, 0.717) is 0 Å². The van der Waals surface area contributed by atoms with Crippen LogP contribution in [0.25, 0.3) is 0 Å². The second kappa shape index (κ2) is 18.0. The molecule has 0 aliphatic heterocycles. The molecule has 0 aromatic rings. The lowest BCUT2D eigenvalue weighted by molar-refractivity contribution is 0.351. The maximum absolute atomic E-state index is 11.6. The molecular formula is C19H40NO-. The van der Waals surface area contributed by atoms with Crippen LogP contribution in [0.3, 0.4) is 0 Å². The maximum atomic E-state index is 11.6. The van der Waals surface area contributed by atoms with Gasteiger partial charge in [-0.3, -0.25) is 0 Å². The van der Waals surface area contributed by atoms with Crippen molar-refractivity contribution in [2.24, 2.45) is 0 Å². The molecular weight excluding hydrogens is 258 g/mol. The van der Waals surface area contributed by atoms with Crippen molar-refractivity contribution in [3.05, 3.63) is 5.21 Å². The fourth-order valence-corrected chi connectivity index (χ4v) is 2.78. The van der Waals surface area contributed by atoms with E-state index in [9.17, 15) is 5.21 Å². The number of hydrogen-bond acceptors (Lipinski definition) is 2. The molecule has 0 rings (SSSR count). The minimum Gasteiger partial charge on any atom is -0.785 e. The molecule has 0 atom stereocenters. The highest BCUT2D eigenvalue weighted by atomic mass is 16.5. The molecule has 0 saturated heterocycles. The van der Waals surface area contributed by atoms with Gasteiger partial charge in [-0.1, -0.05) is 97.3 Å². The second-order valence-electron chi connectivity index (χ2n) is 6.53. The number of hydrogen-bond donors (Lipinski definition) is 0. The van der Waals surface area contributed by atoms with E-state index in [1.54, 1.807) is 0 Å². The molecule has 0 bridgehead atoms. The van der Waals surface area contributed by atoms with Gasteiger partial charge in [0.25, 0.3) is 0 Å². The molecule has 0 spiro atoms. The molecule has 0 fully saturated rings. The van der Waals surface area contributed by atoms with Gasteiger partial charge in [0, 0.05) is 0 Å². The van der Waals surface area contributed by atoms with E-state index < -0.39 is 0 Å². The van der Waals surface area contributed by atoms with Gasteiger partial charge in [-0.05, 0) is 25.9 Å². The Morgan fingerprint density at radius 2 is 0.762 bits per heavy atom. The molecule has 0 aliphatic carbocycles. The lowest BCUT2D eigenvalue weighted by atomic mass is 10.1. The van der Waals surface area contributed by atoms with Gasteiger partial charge in [0.2, 0.25) is 0 Å². The third kappa shape index (κ3) is 17.9.